The minimum Gasteiger partial charge on any atom is -0.326 e. The van der Waals surface area contributed by atoms with Gasteiger partial charge in [-0.05, 0) is 72.0 Å². The Hall–Kier alpha value is -3.90. The number of sulfonamides is 1. The second-order valence-electron chi connectivity index (χ2n) is 8.24. The maximum atomic E-state index is 12.8. The van der Waals surface area contributed by atoms with E-state index < -0.39 is 10.0 Å². The molecule has 0 unspecified atom stereocenters. The molecule has 0 bridgehead atoms. The highest BCUT2D eigenvalue weighted by Gasteiger charge is 2.16. The van der Waals surface area contributed by atoms with Crippen LogP contribution in [-0.2, 0) is 21.2 Å². The molecule has 2 N–H and O–H groups in total. The molecule has 0 atom stereocenters. The first-order valence-corrected chi connectivity index (χ1v) is 12.4. The van der Waals surface area contributed by atoms with Crippen molar-refractivity contribution >= 4 is 27.3 Å². The van der Waals surface area contributed by atoms with Crippen molar-refractivity contribution in [2.24, 2.45) is 0 Å². The summed E-state index contributed by atoms with van der Waals surface area (Å²) in [5, 5.41) is 2.83. The number of rotatable bonds is 7. The maximum absolute atomic E-state index is 12.8. The number of hydrogen-bond donors (Lipinski definition) is 2. The molecule has 0 saturated carbocycles. The van der Waals surface area contributed by atoms with Gasteiger partial charge in [0.15, 0.2) is 0 Å². The van der Waals surface area contributed by atoms with Gasteiger partial charge in [0.2, 0.25) is 5.91 Å². The van der Waals surface area contributed by atoms with Crippen molar-refractivity contribution in [1.82, 2.24) is 0 Å². The standard InChI is InChI=1S/C28H26N2O3S/c1-20-8-9-21(2)27(18-20)30-34(32,33)26-16-14-25(15-17-26)29-28(31)19-22-10-12-24(13-11-22)23-6-4-3-5-7-23/h3-18,30H,19H2,1-2H3,(H,29,31). The SMILES string of the molecule is Cc1ccc(C)c(NS(=O)(=O)c2ccc(NC(=O)Cc3ccc(-c4ccccc4)cc3)cc2)c1. The van der Waals surface area contributed by atoms with Gasteiger partial charge in [0, 0.05) is 5.69 Å². The zero-order valence-corrected chi connectivity index (χ0v) is 19.9. The second kappa shape index (κ2) is 9.93. The molecular weight excluding hydrogens is 444 g/mol. The van der Waals surface area contributed by atoms with Gasteiger partial charge in [-0.2, -0.15) is 0 Å². The van der Waals surface area contributed by atoms with Crippen molar-refractivity contribution in [2.75, 3.05) is 10.0 Å². The summed E-state index contributed by atoms with van der Waals surface area (Å²) in [5.41, 5.74) is 6.02. The number of hydrogen-bond acceptors (Lipinski definition) is 3. The lowest BCUT2D eigenvalue weighted by atomic mass is 10.0. The van der Waals surface area contributed by atoms with E-state index in [0.29, 0.717) is 11.4 Å². The largest absolute Gasteiger partial charge is 0.326 e. The van der Waals surface area contributed by atoms with Crippen LogP contribution in [0.4, 0.5) is 11.4 Å². The van der Waals surface area contributed by atoms with Crippen LogP contribution < -0.4 is 10.0 Å². The average molecular weight is 471 g/mol. The normalized spacial score (nSPS) is 11.1. The van der Waals surface area contributed by atoms with Gasteiger partial charge in [-0.15, -0.1) is 0 Å². The molecule has 0 heterocycles. The van der Waals surface area contributed by atoms with Crippen molar-refractivity contribution in [3.05, 3.63) is 114 Å². The fourth-order valence-electron chi connectivity index (χ4n) is 3.60. The first-order chi connectivity index (χ1) is 16.3. The Labute approximate surface area is 200 Å². The summed E-state index contributed by atoms with van der Waals surface area (Å²) in [5.74, 6) is -0.170. The van der Waals surface area contributed by atoms with Gasteiger partial charge >= 0.3 is 0 Å². The van der Waals surface area contributed by atoms with Crippen molar-refractivity contribution in [2.45, 2.75) is 25.2 Å². The molecule has 0 aliphatic heterocycles. The van der Waals surface area contributed by atoms with Crippen molar-refractivity contribution in [1.29, 1.82) is 0 Å². The highest BCUT2D eigenvalue weighted by atomic mass is 32.2. The van der Waals surface area contributed by atoms with Crippen LogP contribution in [0.15, 0.2) is 102 Å². The van der Waals surface area contributed by atoms with Crippen molar-refractivity contribution in [3.8, 4) is 11.1 Å². The Morgan fingerprint density at radius 2 is 1.41 bits per heavy atom. The molecule has 0 saturated heterocycles. The highest BCUT2D eigenvalue weighted by molar-refractivity contribution is 7.92. The van der Waals surface area contributed by atoms with E-state index in [1.54, 1.807) is 18.2 Å². The molecule has 0 fully saturated rings. The molecule has 0 radical (unpaired) electrons. The minimum absolute atomic E-state index is 0.128. The number of aryl methyl sites for hydroxylation is 2. The van der Waals surface area contributed by atoms with E-state index in [0.717, 1.165) is 27.8 Å². The first-order valence-electron chi connectivity index (χ1n) is 10.9. The summed E-state index contributed by atoms with van der Waals surface area (Å²) in [7, 11) is -3.74. The molecule has 172 valence electrons. The third kappa shape index (κ3) is 5.71. The Kier molecular flexibility index (Phi) is 6.80. The number of carbonyl (C=O) groups excluding carboxylic acids is 1. The van der Waals surface area contributed by atoms with Gasteiger partial charge in [0.1, 0.15) is 0 Å². The fraction of sp³-hybridized carbons (Fsp3) is 0.107. The van der Waals surface area contributed by atoms with Gasteiger partial charge in [-0.25, -0.2) is 8.42 Å². The number of benzene rings is 4. The van der Waals surface area contributed by atoms with Gasteiger partial charge in [0.05, 0.1) is 17.0 Å². The van der Waals surface area contributed by atoms with Gasteiger partial charge in [0.25, 0.3) is 10.0 Å². The Balaban J connectivity index is 1.38. The van der Waals surface area contributed by atoms with E-state index in [2.05, 4.69) is 10.0 Å². The fourth-order valence-corrected chi connectivity index (χ4v) is 4.72. The van der Waals surface area contributed by atoms with Gasteiger partial charge in [-0.3, -0.25) is 9.52 Å². The van der Waals surface area contributed by atoms with Crippen LogP contribution >= 0.6 is 0 Å². The predicted octanol–water partition coefficient (Wildman–Crippen LogP) is 5.95. The zero-order valence-electron chi connectivity index (χ0n) is 19.1. The van der Waals surface area contributed by atoms with Crippen LogP contribution in [0.3, 0.4) is 0 Å². The molecule has 4 aromatic rings. The molecule has 0 aromatic heterocycles. The molecule has 0 aliphatic carbocycles. The quantitative estimate of drug-likeness (QED) is 0.350. The van der Waals surface area contributed by atoms with Crippen LogP contribution in [0.2, 0.25) is 0 Å². The highest BCUT2D eigenvalue weighted by Crippen LogP contribution is 2.23. The summed E-state index contributed by atoms with van der Waals surface area (Å²) < 4.78 is 28.2. The Morgan fingerprint density at radius 1 is 0.765 bits per heavy atom. The van der Waals surface area contributed by atoms with Crippen molar-refractivity contribution in [3.63, 3.8) is 0 Å². The third-order valence-electron chi connectivity index (χ3n) is 5.51. The molecule has 4 aromatic carbocycles. The molecule has 6 heteroatoms. The average Bonchev–Trinajstić information content (AvgIpc) is 2.82. The smallest absolute Gasteiger partial charge is 0.261 e. The van der Waals surface area contributed by atoms with Crippen LogP contribution in [0, 0.1) is 13.8 Å². The number of carbonyl (C=O) groups is 1. The van der Waals surface area contributed by atoms with Crippen molar-refractivity contribution < 1.29 is 13.2 Å². The maximum Gasteiger partial charge on any atom is 0.261 e. The number of amides is 1. The summed E-state index contributed by atoms with van der Waals surface area (Å²) in [6.07, 6.45) is 0.226. The van der Waals surface area contributed by atoms with E-state index >= 15 is 0 Å². The summed E-state index contributed by atoms with van der Waals surface area (Å²) >= 11 is 0. The van der Waals surface area contributed by atoms with E-state index in [9.17, 15) is 13.2 Å². The van der Waals surface area contributed by atoms with E-state index in [-0.39, 0.29) is 17.2 Å². The van der Waals surface area contributed by atoms with Crippen LogP contribution in [0.1, 0.15) is 16.7 Å². The lowest BCUT2D eigenvalue weighted by Gasteiger charge is -2.12. The molecule has 0 spiro atoms. The third-order valence-corrected chi connectivity index (χ3v) is 6.89. The first kappa shape index (κ1) is 23.3. The molecule has 4 rings (SSSR count). The summed E-state index contributed by atoms with van der Waals surface area (Å²) in [6, 6.07) is 29.7. The second-order valence-corrected chi connectivity index (χ2v) is 9.92. The predicted molar refractivity (Wildman–Crippen MR) is 137 cm³/mol. The van der Waals surface area contributed by atoms with E-state index in [4.69, 9.17) is 0 Å². The Morgan fingerprint density at radius 3 is 2.09 bits per heavy atom. The van der Waals surface area contributed by atoms with Crippen LogP contribution in [0.5, 0.6) is 0 Å². The number of nitrogens with one attached hydrogen (secondary N) is 2. The van der Waals surface area contributed by atoms with Gasteiger partial charge in [-0.1, -0.05) is 66.7 Å². The lowest BCUT2D eigenvalue weighted by Crippen LogP contribution is -2.15. The van der Waals surface area contributed by atoms with E-state index in [1.165, 1.54) is 12.1 Å². The summed E-state index contributed by atoms with van der Waals surface area (Å²) in [6.45, 7) is 3.76. The van der Waals surface area contributed by atoms with Crippen LogP contribution in [0.25, 0.3) is 11.1 Å². The lowest BCUT2D eigenvalue weighted by molar-refractivity contribution is -0.115. The molecule has 1 amide bonds. The zero-order chi connectivity index (χ0) is 24.1. The van der Waals surface area contributed by atoms with Crippen LogP contribution in [-0.4, -0.2) is 14.3 Å². The molecule has 0 aliphatic rings. The van der Waals surface area contributed by atoms with E-state index in [1.807, 2.05) is 80.6 Å². The molecule has 34 heavy (non-hydrogen) atoms. The molecular formula is C28H26N2O3S. The topological polar surface area (TPSA) is 75.3 Å². The Bertz CT molecular complexity index is 1400. The number of anilines is 2. The minimum atomic E-state index is -3.74. The monoisotopic (exact) mass is 470 g/mol. The molecule has 5 nitrogen and oxygen atoms in total. The summed E-state index contributed by atoms with van der Waals surface area (Å²) in [4.78, 5) is 12.6. The van der Waals surface area contributed by atoms with Gasteiger partial charge < -0.3 is 5.32 Å².